The van der Waals surface area contributed by atoms with Gasteiger partial charge in [-0.2, -0.15) is 0 Å². The Morgan fingerprint density at radius 3 is 2.79 bits per heavy atom. The normalized spacial score (nSPS) is 21.3. The number of nitrogens with zero attached hydrogens (tertiary/aromatic N) is 1. The second kappa shape index (κ2) is 6.37. The molecule has 0 saturated carbocycles. The standard InChI is InChI=1S/C14H20ClN3O/c1-10(19)17-13-6-7-18(9-13)14(8-16)11-2-4-12(15)5-3-11/h2-5,13-14H,6-9,16H2,1H3,(H,17,19). The highest BCUT2D eigenvalue weighted by Gasteiger charge is 2.28. The number of nitrogens with one attached hydrogen (secondary N) is 1. The van der Waals surface area contributed by atoms with Crippen LogP contribution in [0.3, 0.4) is 0 Å². The van der Waals surface area contributed by atoms with Crippen LogP contribution < -0.4 is 11.1 Å². The minimum absolute atomic E-state index is 0.0302. The topological polar surface area (TPSA) is 58.4 Å². The molecule has 0 spiro atoms. The van der Waals surface area contributed by atoms with Gasteiger partial charge < -0.3 is 11.1 Å². The second-order valence-corrected chi connectivity index (χ2v) is 5.42. The predicted octanol–water partition coefficient (Wildman–Crippen LogP) is 1.55. The molecule has 1 aromatic rings. The van der Waals surface area contributed by atoms with Gasteiger partial charge in [0.25, 0.3) is 0 Å². The molecule has 0 bridgehead atoms. The third kappa shape index (κ3) is 3.69. The molecule has 0 aliphatic carbocycles. The Kier molecular flexibility index (Phi) is 4.80. The van der Waals surface area contributed by atoms with Gasteiger partial charge in [-0.05, 0) is 24.1 Å². The fraction of sp³-hybridized carbons (Fsp3) is 0.500. The van der Waals surface area contributed by atoms with E-state index in [1.165, 1.54) is 5.56 Å². The summed E-state index contributed by atoms with van der Waals surface area (Å²) in [4.78, 5) is 13.4. The van der Waals surface area contributed by atoms with Crippen LogP contribution in [0.1, 0.15) is 24.9 Å². The first kappa shape index (κ1) is 14.3. The molecule has 1 heterocycles. The fourth-order valence-corrected chi connectivity index (χ4v) is 2.78. The lowest BCUT2D eigenvalue weighted by molar-refractivity contribution is -0.119. The summed E-state index contributed by atoms with van der Waals surface area (Å²) in [5.41, 5.74) is 7.08. The number of nitrogens with two attached hydrogens (primary N) is 1. The highest BCUT2D eigenvalue weighted by Crippen LogP contribution is 2.25. The van der Waals surface area contributed by atoms with Gasteiger partial charge in [0.2, 0.25) is 5.91 Å². The molecule has 1 fully saturated rings. The summed E-state index contributed by atoms with van der Waals surface area (Å²) in [6.45, 7) is 3.93. The smallest absolute Gasteiger partial charge is 0.217 e. The summed E-state index contributed by atoms with van der Waals surface area (Å²) in [5.74, 6) is 0.0302. The fourth-order valence-electron chi connectivity index (χ4n) is 2.66. The predicted molar refractivity (Wildman–Crippen MR) is 77.0 cm³/mol. The number of halogens is 1. The van der Waals surface area contributed by atoms with Gasteiger partial charge in [-0.15, -0.1) is 0 Å². The van der Waals surface area contributed by atoms with Gasteiger partial charge in [0.1, 0.15) is 0 Å². The van der Waals surface area contributed by atoms with E-state index in [9.17, 15) is 4.79 Å². The van der Waals surface area contributed by atoms with E-state index in [0.717, 1.165) is 24.5 Å². The van der Waals surface area contributed by atoms with Gasteiger partial charge in [0, 0.05) is 43.7 Å². The lowest BCUT2D eigenvalue weighted by atomic mass is 10.1. The van der Waals surface area contributed by atoms with Gasteiger partial charge in [0.05, 0.1) is 0 Å². The summed E-state index contributed by atoms with van der Waals surface area (Å²) in [6, 6.07) is 8.24. The molecule has 1 saturated heterocycles. The first-order valence-electron chi connectivity index (χ1n) is 6.57. The number of carbonyl (C=O) groups is 1. The molecule has 0 radical (unpaired) electrons. The van der Waals surface area contributed by atoms with E-state index in [1.807, 2.05) is 24.3 Å². The first-order chi connectivity index (χ1) is 9.10. The molecule has 2 unspecified atom stereocenters. The molecule has 1 amide bonds. The lowest BCUT2D eigenvalue weighted by Gasteiger charge is -2.27. The summed E-state index contributed by atoms with van der Waals surface area (Å²) < 4.78 is 0. The molecule has 4 nitrogen and oxygen atoms in total. The summed E-state index contributed by atoms with van der Waals surface area (Å²) >= 11 is 5.91. The minimum atomic E-state index is 0.0302. The Labute approximate surface area is 118 Å². The number of likely N-dealkylation sites (tertiary alicyclic amines) is 1. The summed E-state index contributed by atoms with van der Waals surface area (Å²) in [7, 11) is 0. The lowest BCUT2D eigenvalue weighted by Crippen LogP contribution is -2.38. The van der Waals surface area contributed by atoms with Crippen molar-refractivity contribution in [2.24, 2.45) is 5.73 Å². The molecule has 2 rings (SSSR count). The number of hydrogen-bond acceptors (Lipinski definition) is 3. The zero-order chi connectivity index (χ0) is 13.8. The van der Waals surface area contributed by atoms with Crippen molar-refractivity contribution in [3.05, 3.63) is 34.9 Å². The van der Waals surface area contributed by atoms with E-state index in [0.29, 0.717) is 6.54 Å². The monoisotopic (exact) mass is 281 g/mol. The highest BCUT2D eigenvalue weighted by atomic mass is 35.5. The largest absolute Gasteiger partial charge is 0.352 e. The van der Waals surface area contributed by atoms with Gasteiger partial charge in [-0.1, -0.05) is 23.7 Å². The van der Waals surface area contributed by atoms with Gasteiger partial charge in [0.15, 0.2) is 0 Å². The van der Waals surface area contributed by atoms with Crippen molar-refractivity contribution < 1.29 is 4.79 Å². The maximum atomic E-state index is 11.1. The Bertz CT molecular complexity index is 435. The van der Waals surface area contributed by atoms with Crippen molar-refractivity contribution in [2.75, 3.05) is 19.6 Å². The first-order valence-corrected chi connectivity index (χ1v) is 6.94. The number of carbonyl (C=O) groups excluding carboxylic acids is 1. The average Bonchev–Trinajstić information content (AvgIpc) is 2.80. The Balaban J connectivity index is 2.03. The number of rotatable bonds is 4. The molecule has 2 atom stereocenters. The van der Waals surface area contributed by atoms with Crippen LogP contribution in [0, 0.1) is 0 Å². The zero-order valence-electron chi connectivity index (χ0n) is 11.1. The van der Waals surface area contributed by atoms with E-state index >= 15 is 0 Å². The molecule has 3 N–H and O–H groups in total. The van der Waals surface area contributed by atoms with Crippen molar-refractivity contribution in [2.45, 2.75) is 25.4 Å². The Morgan fingerprint density at radius 2 is 2.21 bits per heavy atom. The summed E-state index contributed by atoms with van der Waals surface area (Å²) in [5, 5.41) is 3.70. The van der Waals surface area contributed by atoms with Crippen molar-refractivity contribution in [3.63, 3.8) is 0 Å². The Hall–Kier alpha value is -1.10. The van der Waals surface area contributed by atoms with Crippen LogP contribution in [-0.4, -0.2) is 36.5 Å². The average molecular weight is 282 g/mol. The van der Waals surface area contributed by atoms with E-state index in [2.05, 4.69) is 10.2 Å². The Morgan fingerprint density at radius 1 is 1.53 bits per heavy atom. The van der Waals surface area contributed by atoms with E-state index in [-0.39, 0.29) is 18.0 Å². The van der Waals surface area contributed by atoms with Crippen molar-refractivity contribution in [3.8, 4) is 0 Å². The maximum absolute atomic E-state index is 11.1. The zero-order valence-corrected chi connectivity index (χ0v) is 11.9. The molecule has 104 valence electrons. The number of amides is 1. The van der Waals surface area contributed by atoms with Crippen molar-refractivity contribution in [1.82, 2.24) is 10.2 Å². The highest BCUT2D eigenvalue weighted by molar-refractivity contribution is 6.30. The van der Waals surface area contributed by atoms with Gasteiger partial charge >= 0.3 is 0 Å². The molecule has 0 aromatic heterocycles. The second-order valence-electron chi connectivity index (χ2n) is 4.98. The number of hydrogen-bond donors (Lipinski definition) is 2. The molecular weight excluding hydrogens is 262 g/mol. The van der Waals surface area contributed by atoms with Crippen LogP contribution in [0.2, 0.25) is 5.02 Å². The molecule has 5 heteroatoms. The van der Waals surface area contributed by atoms with Gasteiger partial charge in [-0.25, -0.2) is 0 Å². The van der Waals surface area contributed by atoms with E-state index in [1.54, 1.807) is 6.92 Å². The van der Waals surface area contributed by atoms with Gasteiger partial charge in [-0.3, -0.25) is 9.69 Å². The molecule has 1 aromatic carbocycles. The minimum Gasteiger partial charge on any atom is -0.352 e. The quantitative estimate of drug-likeness (QED) is 0.880. The van der Waals surface area contributed by atoms with Crippen LogP contribution in [-0.2, 0) is 4.79 Å². The molecule has 19 heavy (non-hydrogen) atoms. The van der Waals surface area contributed by atoms with Crippen LogP contribution in [0.25, 0.3) is 0 Å². The van der Waals surface area contributed by atoms with Crippen LogP contribution in [0.5, 0.6) is 0 Å². The summed E-state index contributed by atoms with van der Waals surface area (Å²) in [6.07, 6.45) is 0.976. The molecule has 1 aliphatic heterocycles. The van der Waals surface area contributed by atoms with Crippen molar-refractivity contribution >= 4 is 17.5 Å². The van der Waals surface area contributed by atoms with E-state index < -0.39 is 0 Å². The number of benzene rings is 1. The molecular formula is C14H20ClN3O. The van der Waals surface area contributed by atoms with Crippen LogP contribution >= 0.6 is 11.6 Å². The van der Waals surface area contributed by atoms with Crippen LogP contribution in [0.15, 0.2) is 24.3 Å². The maximum Gasteiger partial charge on any atom is 0.217 e. The van der Waals surface area contributed by atoms with Crippen LogP contribution in [0.4, 0.5) is 0 Å². The third-order valence-electron chi connectivity index (χ3n) is 3.55. The molecule has 1 aliphatic rings. The third-order valence-corrected chi connectivity index (χ3v) is 3.80. The van der Waals surface area contributed by atoms with E-state index in [4.69, 9.17) is 17.3 Å². The SMILES string of the molecule is CC(=O)NC1CCN(C(CN)c2ccc(Cl)cc2)C1. The van der Waals surface area contributed by atoms with Crippen molar-refractivity contribution in [1.29, 1.82) is 0 Å².